The van der Waals surface area contributed by atoms with Gasteiger partial charge >= 0.3 is 0 Å². The van der Waals surface area contributed by atoms with Crippen LogP contribution in [0, 0.1) is 6.92 Å². The molecule has 2 atom stereocenters. The first-order chi connectivity index (χ1) is 7.15. The number of hydrogen-bond acceptors (Lipinski definition) is 4. The highest BCUT2D eigenvalue weighted by atomic mass is 32.1. The summed E-state index contributed by atoms with van der Waals surface area (Å²) in [5.74, 6) is -0.204. The van der Waals surface area contributed by atoms with Gasteiger partial charge in [0.1, 0.15) is 6.17 Å². The minimum absolute atomic E-state index is 0.204. The number of nitrogens with one attached hydrogen (secondary N) is 2. The Morgan fingerprint density at radius 3 is 3.13 bits per heavy atom. The fraction of sp³-hybridized carbons (Fsp3) is 0.556. The monoisotopic (exact) mass is 229 g/mol. The number of halogens is 1. The van der Waals surface area contributed by atoms with Crippen molar-refractivity contribution in [2.75, 3.05) is 11.9 Å². The number of rotatable bonds is 2. The molecule has 2 heterocycles. The summed E-state index contributed by atoms with van der Waals surface area (Å²) in [7, 11) is 0. The average molecular weight is 229 g/mol. The lowest BCUT2D eigenvalue weighted by atomic mass is 10.2. The van der Waals surface area contributed by atoms with Crippen LogP contribution in [0.25, 0.3) is 0 Å². The number of alkyl halides is 1. The Kier molecular flexibility index (Phi) is 2.97. The first-order valence-corrected chi connectivity index (χ1v) is 5.63. The van der Waals surface area contributed by atoms with E-state index in [2.05, 4.69) is 15.6 Å². The van der Waals surface area contributed by atoms with E-state index in [9.17, 15) is 9.18 Å². The Hall–Kier alpha value is -1.01. The summed E-state index contributed by atoms with van der Waals surface area (Å²) in [5, 5.41) is 7.92. The maximum atomic E-state index is 12.8. The predicted octanol–water partition coefficient (Wildman–Crippen LogP) is 1.09. The molecule has 2 N–H and O–H groups in total. The SMILES string of the molecule is Cc1csc(NC(=O)[C@H]2C[C@H](F)CN2)n1. The van der Waals surface area contributed by atoms with Gasteiger partial charge in [-0.3, -0.25) is 4.79 Å². The van der Waals surface area contributed by atoms with Gasteiger partial charge in [-0.05, 0) is 6.92 Å². The number of aryl methyl sites for hydroxylation is 1. The fourth-order valence-electron chi connectivity index (χ4n) is 1.50. The lowest BCUT2D eigenvalue weighted by molar-refractivity contribution is -0.117. The predicted molar refractivity (Wildman–Crippen MR) is 56.8 cm³/mol. The topological polar surface area (TPSA) is 54.0 Å². The molecule has 0 unspecified atom stereocenters. The van der Waals surface area contributed by atoms with Crippen molar-refractivity contribution >= 4 is 22.4 Å². The summed E-state index contributed by atoms with van der Waals surface area (Å²) in [6.07, 6.45) is -0.672. The lowest BCUT2D eigenvalue weighted by Gasteiger charge is -2.08. The third-order valence-electron chi connectivity index (χ3n) is 2.24. The second kappa shape index (κ2) is 4.24. The van der Waals surface area contributed by atoms with Crippen LogP contribution in [0.5, 0.6) is 0 Å². The van der Waals surface area contributed by atoms with Crippen molar-refractivity contribution in [2.45, 2.75) is 25.6 Å². The van der Waals surface area contributed by atoms with Crippen molar-refractivity contribution in [2.24, 2.45) is 0 Å². The summed E-state index contributed by atoms with van der Waals surface area (Å²) >= 11 is 1.37. The molecule has 1 amide bonds. The number of hydrogen-bond donors (Lipinski definition) is 2. The molecule has 0 saturated carbocycles. The Morgan fingerprint density at radius 1 is 1.80 bits per heavy atom. The van der Waals surface area contributed by atoms with Gasteiger partial charge < -0.3 is 10.6 Å². The molecule has 0 bridgehead atoms. The summed E-state index contributed by atoms with van der Waals surface area (Å²) in [6.45, 7) is 2.12. The van der Waals surface area contributed by atoms with Gasteiger partial charge in [-0.15, -0.1) is 11.3 Å². The number of carbonyl (C=O) groups excluding carboxylic acids is 1. The summed E-state index contributed by atoms with van der Waals surface area (Å²) in [6, 6.07) is -0.427. The van der Waals surface area contributed by atoms with Crippen LogP contribution in [0.1, 0.15) is 12.1 Å². The van der Waals surface area contributed by atoms with Gasteiger partial charge in [0.15, 0.2) is 5.13 Å². The minimum atomic E-state index is -0.918. The molecule has 0 radical (unpaired) electrons. The molecule has 1 saturated heterocycles. The second-order valence-electron chi connectivity index (χ2n) is 3.58. The van der Waals surface area contributed by atoms with E-state index in [-0.39, 0.29) is 18.9 Å². The molecular weight excluding hydrogens is 217 g/mol. The molecule has 1 aliphatic rings. The largest absolute Gasteiger partial charge is 0.303 e. The molecule has 1 aromatic heterocycles. The zero-order valence-electron chi connectivity index (χ0n) is 8.29. The van der Waals surface area contributed by atoms with E-state index in [4.69, 9.17) is 0 Å². The first-order valence-electron chi connectivity index (χ1n) is 4.75. The molecule has 6 heteroatoms. The smallest absolute Gasteiger partial charge is 0.243 e. The molecular formula is C9H12FN3OS. The number of amides is 1. The molecule has 1 fully saturated rings. The van der Waals surface area contributed by atoms with Crippen molar-refractivity contribution in [3.8, 4) is 0 Å². The van der Waals surface area contributed by atoms with Crippen molar-refractivity contribution in [3.05, 3.63) is 11.1 Å². The van der Waals surface area contributed by atoms with Crippen LogP contribution in [0.3, 0.4) is 0 Å². The number of anilines is 1. The zero-order valence-corrected chi connectivity index (χ0v) is 9.10. The van der Waals surface area contributed by atoms with Crippen LogP contribution < -0.4 is 10.6 Å². The molecule has 4 nitrogen and oxygen atoms in total. The number of aromatic nitrogens is 1. The molecule has 1 aliphatic heterocycles. The highest BCUT2D eigenvalue weighted by Crippen LogP contribution is 2.16. The summed E-state index contributed by atoms with van der Waals surface area (Å²) < 4.78 is 12.8. The second-order valence-corrected chi connectivity index (χ2v) is 4.44. The molecule has 1 aromatic rings. The molecule has 0 aliphatic carbocycles. The Bertz CT molecular complexity index is 368. The zero-order chi connectivity index (χ0) is 10.8. The van der Waals surface area contributed by atoms with E-state index in [0.29, 0.717) is 5.13 Å². The maximum Gasteiger partial charge on any atom is 0.243 e. The van der Waals surface area contributed by atoms with Crippen LogP contribution in [-0.4, -0.2) is 29.6 Å². The third-order valence-corrected chi connectivity index (χ3v) is 3.12. The Labute approximate surface area is 90.9 Å². The average Bonchev–Trinajstić information content (AvgIpc) is 2.75. The van der Waals surface area contributed by atoms with Crippen molar-refractivity contribution < 1.29 is 9.18 Å². The number of carbonyl (C=O) groups is 1. The number of nitrogens with zero attached hydrogens (tertiary/aromatic N) is 1. The fourth-order valence-corrected chi connectivity index (χ4v) is 2.19. The van der Waals surface area contributed by atoms with Gasteiger partial charge in [-0.1, -0.05) is 0 Å². The van der Waals surface area contributed by atoms with E-state index in [1.165, 1.54) is 11.3 Å². The molecule has 2 rings (SSSR count). The molecule has 0 aromatic carbocycles. The van der Waals surface area contributed by atoms with Crippen LogP contribution in [0.4, 0.5) is 9.52 Å². The van der Waals surface area contributed by atoms with Crippen LogP contribution in [-0.2, 0) is 4.79 Å². The molecule has 15 heavy (non-hydrogen) atoms. The van der Waals surface area contributed by atoms with E-state index >= 15 is 0 Å². The van der Waals surface area contributed by atoms with E-state index in [0.717, 1.165) is 5.69 Å². The van der Waals surface area contributed by atoms with Gasteiger partial charge in [0.2, 0.25) is 5.91 Å². The summed E-state index contributed by atoms with van der Waals surface area (Å²) in [5.41, 5.74) is 0.873. The maximum absolute atomic E-state index is 12.8. The van der Waals surface area contributed by atoms with Crippen LogP contribution >= 0.6 is 11.3 Å². The van der Waals surface area contributed by atoms with Crippen molar-refractivity contribution in [1.82, 2.24) is 10.3 Å². The molecule has 0 spiro atoms. The molecule has 82 valence electrons. The highest BCUT2D eigenvalue weighted by molar-refractivity contribution is 7.13. The van der Waals surface area contributed by atoms with E-state index in [1.807, 2.05) is 12.3 Å². The number of thiazole rings is 1. The highest BCUT2D eigenvalue weighted by Gasteiger charge is 2.29. The Balaban J connectivity index is 1.92. The van der Waals surface area contributed by atoms with Crippen molar-refractivity contribution in [1.29, 1.82) is 0 Å². The first kappa shape index (κ1) is 10.5. The van der Waals surface area contributed by atoms with Gasteiger partial charge in [0, 0.05) is 18.3 Å². The Morgan fingerprint density at radius 2 is 2.60 bits per heavy atom. The lowest BCUT2D eigenvalue weighted by Crippen LogP contribution is -2.35. The summed E-state index contributed by atoms with van der Waals surface area (Å²) in [4.78, 5) is 15.7. The van der Waals surface area contributed by atoms with Gasteiger partial charge in [-0.25, -0.2) is 9.37 Å². The standard InChI is InChI=1S/C9H12FN3OS/c1-5-4-15-9(12-5)13-8(14)7-2-6(10)3-11-7/h4,6-7,11H,2-3H2,1H3,(H,12,13,14)/t6-,7+/m0/s1. The quantitative estimate of drug-likeness (QED) is 0.798. The van der Waals surface area contributed by atoms with Crippen molar-refractivity contribution in [3.63, 3.8) is 0 Å². The third kappa shape index (κ3) is 2.51. The van der Waals surface area contributed by atoms with Gasteiger partial charge in [0.05, 0.1) is 11.7 Å². The van der Waals surface area contributed by atoms with Gasteiger partial charge in [-0.2, -0.15) is 0 Å². The van der Waals surface area contributed by atoms with E-state index in [1.54, 1.807) is 0 Å². The van der Waals surface area contributed by atoms with Crippen LogP contribution in [0.2, 0.25) is 0 Å². The normalized spacial score (nSPS) is 25.5. The van der Waals surface area contributed by atoms with Gasteiger partial charge in [0.25, 0.3) is 0 Å². The minimum Gasteiger partial charge on any atom is -0.303 e. The van der Waals surface area contributed by atoms with E-state index < -0.39 is 12.2 Å². The van der Waals surface area contributed by atoms with Crippen LogP contribution in [0.15, 0.2) is 5.38 Å².